The van der Waals surface area contributed by atoms with Gasteiger partial charge in [0.15, 0.2) is 0 Å². The molecule has 4 nitrogen and oxygen atoms in total. The Balaban J connectivity index is 3.08. The molecule has 0 spiro atoms. The van der Waals surface area contributed by atoms with Gasteiger partial charge in [-0.25, -0.2) is 0 Å². The van der Waals surface area contributed by atoms with Crippen LogP contribution in [0.4, 0.5) is 0 Å². The first-order chi connectivity index (χ1) is 8.21. The Morgan fingerprint density at radius 2 is 1.83 bits per heavy atom. The van der Waals surface area contributed by atoms with Gasteiger partial charge in [-0.3, -0.25) is 9.36 Å². The average Bonchev–Trinajstić information content (AvgIpc) is 2.29. The van der Waals surface area contributed by atoms with E-state index >= 15 is 0 Å². The zero-order valence-electron chi connectivity index (χ0n) is 11.1. The van der Waals surface area contributed by atoms with Gasteiger partial charge in [-0.15, -0.1) is 0 Å². The van der Waals surface area contributed by atoms with Gasteiger partial charge in [0.05, 0.1) is 12.0 Å². The maximum absolute atomic E-state index is 12.2. The van der Waals surface area contributed by atoms with Gasteiger partial charge in [0.25, 0.3) is 0 Å². The van der Waals surface area contributed by atoms with Gasteiger partial charge in [0.2, 0.25) is 7.37 Å². The number of rotatable bonds is 5. The maximum atomic E-state index is 12.2. The number of aliphatic carboxylic acids is 1. The van der Waals surface area contributed by atoms with Gasteiger partial charge in [-0.2, -0.15) is 0 Å². The third-order valence-electron chi connectivity index (χ3n) is 2.97. The fourth-order valence-corrected chi connectivity index (χ4v) is 2.93. The first-order valence-electron chi connectivity index (χ1n) is 5.78. The maximum Gasteiger partial charge on any atom is 0.313 e. The van der Waals surface area contributed by atoms with Crippen molar-refractivity contribution in [2.75, 3.05) is 13.3 Å². The molecule has 0 aliphatic rings. The monoisotopic (exact) mass is 270 g/mol. The molecule has 0 aliphatic carbocycles. The molecule has 0 radical (unpaired) electrons. The second-order valence-electron chi connectivity index (χ2n) is 4.74. The van der Waals surface area contributed by atoms with E-state index in [0.29, 0.717) is 17.5 Å². The molecule has 1 aromatic rings. The van der Waals surface area contributed by atoms with Crippen molar-refractivity contribution in [2.45, 2.75) is 26.2 Å². The number of hydrogen-bond donors (Lipinski definition) is 1. The van der Waals surface area contributed by atoms with Crippen molar-refractivity contribution in [3.8, 4) is 0 Å². The highest BCUT2D eigenvalue weighted by Gasteiger charge is 2.29. The largest absolute Gasteiger partial charge is 0.481 e. The van der Waals surface area contributed by atoms with E-state index in [1.165, 1.54) is 0 Å². The number of benzene rings is 1. The van der Waals surface area contributed by atoms with E-state index in [2.05, 4.69) is 0 Å². The first kappa shape index (κ1) is 14.9. The van der Waals surface area contributed by atoms with Crippen molar-refractivity contribution in [1.29, 1.82) is 0 Å². The predicted octanol–water partition coefficient (Wildman–Crippen LogP) is 2.62. The normalized spacial score (nSPS) is 15.1. The van der Waals surface area contributed by atoms with E-state index in [1.54, 1.807) is 51.7 Å². The van der Waals surface area contributed by atoms with Crippen LogP contribution < -0.4 is 5.30 Å². The van der Waals surface area contributed by atoms with E-state index in [-0.39, 0.29) is 0 Å². The lowest BCUT2D eigenvalue weighted by Crippen LogP contribution is -2.28. The van der Waals surface area contributed by atoms with E-state index in [4.69, 9.17) is 9.63 Å². The Bertz CT molecular complexity index is 476. The minimum atomic E-state index is -2.79. The quantitative estimate of drug-likeness (QED) is 0.835. The summed E-state index contributed by atoms with van der Waals surface area (Å²) in [4.78, 5) is 11.1. The van der Waals surface area contributed by atoms with Crippen LogP contribution in [-0.4, -0.2) is 24.3 Å². The van der Waals surface area contributed by atoms with Gasteiger partial charge >= 0.3 is 5.97 Å². The van der Waals surface area contributed by atoms with Crippen LogP contribution in [0.5, 0.6) is 0 Å². The highest BCUT2D eigenvalue weighted by molar-refractivity contribution is 7.66. The topological polar surface area (TPSA) is 63.6 Å². The molecular formula is C13H19O4P. The summed E-state index contributed by atoms with van der Waals surface area (Å²) in [6.45, 7) is 7.01. The zero-order chi connectivity index (χ0) is 14.0. The molecule has 1 aromatic carbocycles. The zero-order valence-corrected chi connectivity index (χ0v) is 12.0. The van der Waals surface area contributed by atoms with Crippen molar-refractivity contribution in [2.24, 2.45) is 0 Å². The Labute approximate surface area is 107 Å². The summed E-state index contributed by atoms with van der Waals surface area (Å²) in [7, 11) is -2.79. The molecule has 1 rings (SSSR count). The Kier molecular flexibility index (Phi) is 4.36. The van der Waals surface area contributed by atoms with Crippen molar-refractivity contribution in [1.82, 2.24) is 0 Å². The lowest BCUT2D eigenvalue weighted by Gasteiger charge is -2.20. The van der Waals surface area contributed by atoms with Crippen molar-refractivity contribution in [3.05, 3.63) is 29.8 Å². The summed E-state index contributed by atoms with van der Waals surface area (Å²) < 4.78 is 17.4. The summed E-state index contributed by atoms with van der Waals surface area (Å²) >= 11 is 0. The smallest absolute Gasteiger partial charge is 0.313 e. The molecule has 0 heterocycles. The molecule has 0 amide bonds. The lowest BCUT2D eigenvalue weighted by atomic mass is 9.85. The molecule has 0 bridgehead atoms. The summed E-state index contributed by atoms with van der Waals surface area (Å²) in [5.41, 5.74) is -0.280. The van der Waals surface area contributed by atoms with Crippen LogP contribution in [0.2, 0.25) is 0 Å². The number of carboxylic acid groups (broad SMARTS) is 1. The third-order valence-corrected chi connectivity index (χ3v) is 4.96. The summed E-state index contributed by atoms with van der Waals surface area (Å²) in [6.07, 6.45) is 0. The minimum absolute atomic E-state index is 0.385. The molecule has 0 saturated heterocycles. The Hall–Kier alpha value is -1.12. The minimum Gasteiger partial charge on any atom is -0.481 e. The fourth-order valence-electron chi connectivity index (χ4n) is 1.59. The van der Waals surface area contributed by atoms with Gasteiger partial charge < -0.3 is 9.63 Å². The van der Waals surface area contributed by atoms with Gasteiger partial charge in [0, 0.05) is 12.0 Å². The summed E-state index contributed by atoms with van der Waals surface area (Å²) in [5.74, 6) is -0.889. The van der Waals surface area contributed by atoms with Crippen molar-refractivity contribution < 1.29 is 19.0 Å². The molecule has 0 aliphatic heterocycles. The van der Waals surface area contributed by atoms with Crippen molar-refractivity contribution in [3.63, 3.8) is 0 Å². The van der Waals surface area contributed by atoms with Gasteiger partial charge in [-0.05, 0) is 38.5 Å². The Morgan fingerprint density at radius 1 is 1.33 bits per heavy atom. The second kappa shape index (κ2) is 5.25. The van der Waals surface area contributed by atoms with Crippen LogP contribution in [0.3, 0.4) is 0 Å². The number of carbonyl (C=O) groups is 1. The molecular weight excluding hydrogens is 251 g/mol. The molecule has 0 aromatic heterocycles. The summed E-state index contributed by atoms with van der Waals surface area (Å²) in [6, 6.07) is 6.74. The second-order valence-corrected chi connectivity index (χ2v) is 7.21. The molecule has 0 saturated carbocycles. The average molecular weight is 270 g/mol. The van der Waals surface area contributed by atoms with E-state index < -0.39 is 18.8 Å². The first-order valence-corrected chi connectivity index (χ1v) is 7.85. The number of hydrogen-bond acceptors (Lipinski definition) is 3. The van der Waals surface area contributed by atoms with E-state index in [0.717, 1.165) is 0 Å². The molecule has 5 heteroatoms. The molecule has 1 unspecified atom stereocenters. The molecule has 0 fully saturated rings. The third kappa shape index (κ3) is 3.01. The summed E-state index contributed by atoms with van der Waals surface area (Å²) in [5, 5.41) is 9.73. The van der Waals surface area contributed by atoms with E-state index in [9.17, 15) is 9.36 Å². The lowest BCUT2D eigenvalue weighted by molar-refractivity contribution is -0.142. The SMILES string of the molecule is CCOP(C)(=O)c1ccc(C(C)(C)C(=O)O)cc1. The van der Waals surface area contributed by atoms with Gasteiger partial charge in [-0.1, -0.05) is 12.1 Å². The van der Waals surface area contributed by atoms with Crippen LogP contribution in [0.25, 0.3) is 0 Å². The molecule has 100 valence electrons. The van der Waals surface area contributed by atoms with Crippen LogP contribution in [-0.2, 0) is 19.3 Å². The van der Waals surface area contributed by atoms with Crippen molar-refractivity contribution >= 4 is 18.6 Å². The highest BCUT2D eigenvalue weighted by atomic mass is 31.2. The van der Waals surface area contributed by atoms with Crippen LogP contribution in [0.15, 0.2) is 24.3 Å². The van der Waals surface area contributed by atoms with Crippen LogP contribution in [0, 0.1) is 0 Å². The van der Waals surface area contributed by atoms with Gasteiger partial charge in [0.1, 0.15) is 0 Å². The fraction of sp³-hybridized carbons (Fsp3) is 0.462. The molecule has 18 heavy (non-hydrogen) atoms. The molecule has 1 atom stereocenters. The molecule has 1 N–H and O–H groups in total. The van der Waals surface area contributed by atoms with Crippen LogP contribution in [0.1, 0.15) is 26.3 Å². The number of carboxylic acids is 1. The van der Waals surface area contributed by atoms with E-state index in [1.807, 2.05) is 0 Å². The standard InChI is InChI=1S/C13H19O4P/c1-5-17-18(4,16)11-8-6-10(7-9-11)13(2,3)12(14)15/h6-9H,5H2,1-4H3,(H,14,15). The predicted molar refractivity (Wildman–Crippen MR) is 71.9 cm³/mol. The highest BCUT2D eigenvalue weighted by Crippen LogP contribution is 2.41. The Morgan fingerprint density at radius 3 is 2.22 bits per heavy atom. The van der Waals surface area contributed by atoms with Crippen LogP contribution >= 0.6 is 7.37 Å².